The first-order valence-corrected chi connectivity index (χ1v) is 6.62. The molecular formula is C15H22O2. The topological polar surface area (TPSA) is 29.5 Å². The second-order valence-corrected chi connectivity index (χ2v) is 5.14. The van der Waals surface area contributed by atoms with Crippen molar-refractivity contribution < 1.29 is 9.84 Å². The van der Waals surface area contributed by atoms with Gasteiger partial charge in [0.25, 0.3) is 0 Å². The van der Waals surface area contributed by atoms with E-state index < -0.39 is 0 Å². The number of hydrogen-bond donors (Lipinski definition) is 1. The van der Waals surface area contributed by atoms with E-state index in [-0.39, 0.29) is 12.2 Å². The van der Waals surface area contributed by atoms with Crippen molar-refractivity contribution >= 4 is 0 Å². The normalized spacial score (nSPS) is 29.0. The Kier molecular flexibility index (Phi) is 4.06. The van der Waals surface area contributed by atoms with Crippen LogP contribution in [0.5, 0.6) is 5.75 Å². The minimum Gasteiger partial charge on any atom is -0.488 e. The van der Waals surface area contributed by atoms with Crippen molar-refractivity contribution in [3.05, 3.63) is 29.8 Å². The molecule has 0 radical (unpaired) electrons. The molecule has 1 aromatic carbocycles. The smallest absolute Gasteiger partial charge is 0.125 e. The zero-order valence-corrected chi connectivity index (χ0v) is 10.7. The van der Waals surface area contributed by atoms with Gasteiger partial charge < -0.3 is 9.84 Å². The third kappa shape index (κ3) is 3.22. The van der Waals surface area contributed by atoms with Crippen molar-refractivity contribution in [2.75, 3.05) is 0 Å². The lowest BCUT2D eigenvalue weighted by molar-refractivity contribution is -0.00758. The molecule has 2 nitrogen and oxygen atoms in total. The Morgan fingerprint density at radius 2 is 1.94 bits per heavy atom. The maximum absolute atomic E-state index is 9.92. The lowest BCUT2D eigenvalue weighted by atomic mass is 9.86. The molecule has 1 aliphatic carbocycles. The number of aryl methyl sites for hydroxylation is 1. The average molecular weight is 234 g/mol. The SMILES string of the molecule is CCc1ccc(OC2CC(C)CCC2O)cc1. The molecule has 1 aromatic rings. The van der Waals surface area contributed by atoms with Gasteiger partial charge >= 0.3 is 0 Å². The molecule has 0 saturated heterocycles. The molecule has 1 saturated carbocycles. The van der Waals surface area contributed by atoms with Crippen molar-refractivity contribution in [3.63, 3.8) is 0 Å². The lowest BCUT2D eigenvalue weighted by Crippen LogP contribution is -2.37. The summed E-state index contributed by atoms with van der Waals surface area (Å²) in [6.07, 6.45) is 3.62. The Balaban J connectivity index is 1.98. The number of rotatable bonds is 3. The first kappa shape index (κ1) is 12.4. The molecule has 3 atom stereocenters. The first-order chi connectivity index (χ1) is 8.19. The Morgan fingerprint density at radius 1 is 1.24 bits per heavy atom. The number of benzene rings is 1. The third-order valence-electron chi connectivity index (χ3n) is 3.64. The van der Waals surface area contributed by atoms with E-state index in [1.807, 2.05) is 12.1 Å². The average Bonchev–Trinajstić information content (AvgIpc) is 2.35. The van der Waals surface area contributed by atoms with Gasteiger partial charge in [0, 0.05) is 0 Å². The van der Waals surface area contributed by atoms with E-state index >= 15 is 0 Å². The van der Waals surface area contributed by atoms with Crippen LogP contribution in [0, 0.1) is 5.92 Å². The number of ether oxygens (including phenoxy) is 1. The monoisotopic (exact) mass is 234 g/mol. The zero-order chi connectivity index (χ0) is 12.3. The molecule has 94 valence electrons. The minimum atomic E-state index is -0.308. The predicted molar refractivity (Wildman–Crippen MR) is 69.3 cm³/mol. The molecule has 2 heteroatoms. The summed E-state index contributed by atoms with van der Waals surface area (Å²) in [5.74, 6) is 1.53. The van der Waals surface area contributed by atoms with E-state index in [9.17, 15) is 5.11 Å². The number of aliphatic hydroxyl groups is 1. The van der Waals surface area contributed by atoms with E-state index in [0.717, 1.165) is 31.4 Å². The van der Waals surface area contributed by atoms with Crippen LogP contribution in [0.15, 0.2) is 24.3 Å². The van der Waals surface area contributed by atoms with Gasteiger partial charge in [0.1, 0.15) is 11.9 Å². The summed E-state index contributed by atoms with van der Waals surface area (Å²) in [4.78, 5) is 0. The molecule has 2 rings (SSSR count). The van der Waals surface area contributed by atoms with E-state index in [1.165, 1.54) is 5.56 Å². The molecule has 0 aromatic heterocycles. The number of hydrogen-bond acceptors (Lipinski definition) is 2. The van der Waals surface area contributed by atoms with Gasteiger partial charge in [-0.15, -0.1) is 0 Å². The summed E-state index contributed by atoms with van der Waals surface area (Å²) >= 11 is 0. The second kappa shape index (κ2) is 5.54. The fourth-order valence-corrected chi connectivity index (χ4v) is 2.42. The van der Waals surface area contributed by atoms with Crippen LogP contribution in [-0.4, -0.2) is 17.3 Å². The zero-order valence-electron chi connectivity index (χ0n) is 10.7. The molecule has 0 amide bonds. The van der Waals surface area contributed by atoms with E-state index in [4.69, 9.17) is 4.74 Å². The summed E-state index contributed by atoms with van der Waals surface area (Å²) in [6.45, 7) is 4.37. The quantitative estimate of drug-likeness (QED) is 0.870. The standard InChI is InChI=1S/C15H22O2/c1-3-12-5-7-13(8-6-12)17-15-10-11(2)4-9-14(15)16/h5-8,11,14-16H,3-4,9-10H2,1-2H3. The van der Waals surface area contributed by atoms with Crippen molar-refractivity contribution in [1.29, 1.82) is 0 Å². The second-order valence-electron chi connectivity index (χ2n) is 5.14. The summed E-state index contributed by atoms with van der Waals surface area (Å²) in [7, 11) is 0. The van der Waals surface area contributed by atoms with Crippen molar-refractivity contribution in [2.24, 2.45) is 5.92 Å². The van der Waals surface area contributed by atoms with E-state index in [2.05, 4.69) is 26.0 Å². The molecule has 0 spiro atoms. The highest BCUT2D eigenvalue weighted by Gasteiger charge is 2.28. The van der Waals surface area contributed by atoms with Crippen LogP contribution in [0.4, 0.5) is 0 Å². The Morgan fingerprint density at radius 3 is 2.59 bits per heavy atom. The fourth-order valence-electron chi connectivity index (χ4n) is 2.42. The maximum atomic E-state index is 9.92. The van der Waals surface area contributed by atoms with Gasteiger partial charge in [-0.1, -0.05) is 26.0 Å². The van der Waals surface area contributed by atoms with Crippen LogP contribution in [0.3, 0.4) is 0 Å². The van der Waals surface area contributed by atoms with Crippen molar-refractivity contribution in [2.45, 2.75) is 51.7 Å². The molecule has 1 fully saturated rings. The van der Waals surface area contributed by atoms with E-state index in [0.29, 0.717) is 5.92 Å². The molecular weight excluding hydrogens is 212 g/mol. The minimum absolute atomic E-state index is 0.0359. The largest absolute Gasteiger partial charge is 0.488 e. The first-order valence-electron chi connectivity index (χ1n) is 6.62. The highest BCUT2D eigenvalue weighted by molar-refractivity contribution is 5.27. The summed E-state index contributed by atoms with van der Waals surface area (Å²) in [5.41, 5.74) is 1.31. The lowest BCUT2D eigenvalue weighted by Gasteiger charge is -2.31. The van der Waals surface area contributed by atoms with Gasteiger partial charge in [-0.2, -0.15) is 0 Å². The van der Waals surface area contributed by atoms with Crippen LogP contribution in [0.1, 0.15) is 38.7 Å². The molecule has 17 heavy (non-hydrogen) atoms. The van der Waals surface area contributed by atoms with Crippen LogP contribution in [0.2, 0.25) is 0 Å². The van der Waals surface area contributed by atoms with Gasteiger partial charge in [0.15, 0.2) is 0 Å². The van der Waals surface area contributed by atoms with Gasteiger partial charge in [-0.3, -0.25) is 0 Å². The predicted octanol–water partition coefficient (Wildman–Crippen LogP) is 3.18. The van der Waals surface area contributed by atoms with Crippen LogP contribution < -0.4 is 4.74 Å². The third-order valence-corrected chi connectivity index (χ3v) is 3.64. The Bertz CT molecular complexity index is 344. The van der Waals surface area contributed by atoms with Gasteiger partial charge in [0.05, 0.1) is 6.10 Å². The molecule has 1 aliphatic rings. The van der Waals surface area contributed by atoms with Crippen molar-refractivity contribution in [1.82, 2.24) is 0 Å². The summed E-state index contributed by atoms with van der Waals surface area (Å²) < 4.78 is 5.89. The molecule has 3 unspecified atom stereocenters. The van der Waals surface area contributed by atoms with Gasteiger partial charge in [-0.25, -0.2) is 0 Å². The van der Waals surface area contributed by atoms with Crippen LogP contribution in [0.25, 0.3) is 0 Å². The van der Waals surface area contributed by atoms with E-state index in [1.54, 1.807) is 0 Å². The van der Waals surface area contributed by atoms with Crippen LogP contribution >= 0.6 is 0 Å². The van der Waals surface area contributed by atoms with Crippen molar-refractivity contribution in [3.8, 4) is 5.75 Å². The Labute approximate surface area is 104 Å². The maximum Gasteiger partial charge on any atom is 0.125 e. The summed E-state index contributed by atoms with van der Waals surface area (Å²) in [5, 5.41) is 9.92. The van der Waals surface area contributed by atoms with Gasteiger partial charge in [-0.05, 0) is 49.3 Å². The number of aliphatic hydroxyl groups excluding tert-OH is 1. The highest BCUT2D eigenvalue weighted by atomic mass is 16.5. The molecule has 1 N–H and O–H groups in total. The molecule has 0 bridgehead atoms. The fraction of sp³-hybridized carbons (Fsp3) is 0.600. The molecule has 0 aliphatic heterocycles. The Hall–Kier alpha value is -1.02. The molecule has 0 heterocycles. The highest BCUT2D eigenvalue weighted by Crippen LogP contribution is 2.27. The summed E-state index contributed by atoms with van der Waals surface area (Å²) in [6, 6.07) is 8.19. The van der Waals surface area contributed by atoms with Crippen LogP contribution in [-0.2, 0) is 6.42 Å². The van der Waals surface area contributed by atoms with Gasteiger partial charge in [0.2, 0.25) is 0 Å².